The van der Waals surface area contributed by atoms with Gasteiger partial charge in [-0.2, -0.15) is 0 Å². The molecule has 4 nitrogen and oxygen atoms in total. The molecular weight excluding hydrogens is 420 g/mol. The molecule has 4 heteroatoms. The van der Waals surface area contributed by atoms with Crippen molar-refractivity contribution in [3.63, 3.8) is 0 Å². The van der Waals surface area contributed by atoms with Crippen LogP contribution in [-0.4, -0.2) is 41.1 Å². The average molecular weight is 455 g/mol. The molecule has 2 aliphatic heterocycles. The number of fused-ring (bicyclic) bond motifs is 1. The third kappa shape index (κ3) is 3.54. The molecule has 1 atom stereocenters. The number of pyridine rings is 1. The predicted octanol–water partition coefficient (Wildman–Crippen LogP) is 6.05. The Kier molecular flexibility index (Phi) is 5.25. The molecule has 0 spiro atoms. The van der Waals surface area contributed by atoms with Crippen molar-refractivity contribution < 1.29 is 9.53 Å². The molecule has 3 heterocycles. The lowest BCUT2D eigenvalue weighted by Gasteiger charge is -2.39. The minimum absolute atomic E-state index is 0.206. The standard InChI is InChI=1S/C30H34N2O2/c1-21-26(11-8-23-5-3-17-31-27(21)23)22-6-9-24(10-7-22)30(15-16-30)25-12-18-32(19-13-25)28(33)29(2)14-4-20-34-29/h3,5-11,17,25H,4,12-16,18-20H2,1-2H3. The Morgan fingerprint density at radius 3 is 2.47 bits per heavy atom. The van der Waals surface area contributed by atoms with Gasteiger partial charge in [-0.3, -0.25) is 9.78 Å². The van der Waals surface area contributed by atoms with E-state index in [0.717, 1.165) is 44.3 Å². The highest BCUT2D eigenvalue weighted by atomic mass is 16.5. The Labute approximate surface area is 202 Å². The van der Waals surface area contributed by atoms with Crippen molar-refractivity contribution in [1.29, 1.82) is 0 Å². The maximum Gasteiger partial charge on any atom is 0.254 e. The van der Waals surface area contributed by atoms with Gasteiger partial charge in [-0.05, 0) is 92.0 Å². The van der Waals surface area contributed by atoms with Crippen molar-refractivity contribution in [2.45, 2.75) is 63.4 Å². The fourth-order valence-corrected chi connectivity index (χ4v) is 6.57. The molecule has 1 aromatic heterocycles. The van der Waals surface area contributed by atoms with Crippen LogP contribution in [0.15, 0.2) is 54.7 Å². The fourth-order valence-electron chi connectivity index (χ4n) is 6.57. The van der Waals surface area contributed by atoms with Gasteiger partial charge in [0.2, 0.25) is 0 Å². The van der Waals surface area contributed by atoms with E-state index in [1.54, 1.807) is 0 Å². The van der Waals surface area contributed by atoms with Crippen molar-refractivity contribution in [1.82, 2.24) is 9.88 Å². The van der Waals surface area contributed by atoms with Gasteiger partial charge in [0, 0.05) is 31.3 Å². The van der Waals surface area contributed by atoms with Crippen molar-refractivity contribution in [2.24, 2.45) is 5.92 Å². The number of carbonyl (C=O) groups is 1. The highest BCUT2D eigenvalue weighted by Crippen LogP contribution is 2.57. The molecule has 34 heavy (non-hydrogen) atoms. The third-order valence-corrected chi connectivity index (χ3v) is 8.82. The van der Waals surface area contributed by atoms with E-state index in [-0.39, 0.29) is 5.91 Å². The van der Waals surface area contributed by atoms with Crippen LogP contribution in [0.25, 0.3) is 22.0 Å². The van der Waals surface area contributed by atoms with Crippen LogP contribution in [0, 0.1) is 12.8 Å². The van der Waals surface area contributed by atoms with Crippen molar-refractivity contribution >= 4 is 16.8 Å². The number of rotatable bonds is 4. The van der Waals surface area contributed by atoms with E-state index >= 15 is 0 Å². The maximum absolute atomic E-state index is 13.0. The monoisotopic (exact) mass is 454 g/mol. The maximum atomic E-state index is 13.0. The Morgan fingerprint density at radius 1 is 1.03 bits per heavy atom. The summed E-state index contributed by atoms with van der Waals surface area (Å²) in [6.07, 6.45) is 8.45. The first-order chi connectivity index (χ1) is 16.5. The number of hydrogen-bond donors (Lipinski definition) is 0. The fraction of sp³-hybridized carbons (Fsp3) is 0.467. The van der Waals surface area contributed by atoms with Gasteiger partial charge in [-0.15, -0.1) is 0 Å². The Hall–Kier alpha value is -2.72. The van der Waals surface area contributed by atoms with E-state index in [4.69, 9.17) is 4.74 Å². The van der Waals surface area contributed by atoms with Crippen LogP contribution >= 0.6 is 0 Å². The zero-order valence-electron chi connectivity index (χ0n) is 20.3. The molecule has 1 saturated carbocycles. The second-order valence-electron chi connectivity index (χ2n) is 10.8. The van der Waals surface area contributed by atoms with Crippen LogP contribution in [0.4, 0.5) is 0 Å². The summed E-state index contributed by atoms with van der Waals surface area (Å²) in [5.41, 5.74) is 6.04. The van der Waals surface area contributed by atoms with Gasteiger partial charge >= 0.3 is 0 Å². The van der Waals surface area contributed by atoms with E-state index in [1.807, 2.05) is 19.2 Å². The number of nitrogens with zero attached hydrogens (tertiary/aromatic N) is 2. The molecule has 0 bridgehead atoms. The molecule has 1 aliphatic carbocycles. The van der Waals surface area contributed by atoms with E-state index in [9.17, 15) is 4.79 Å². The minimum Gasteiger partial charge on any atom is -0.365 e. The van der Waals surface area contributed by atoms with E-state index < -0.39 is 5.60 Å². The van der Waals surface area contributed by atoms with Crippen LogP contribution in [-0.2, 0) is 14.9 Å². The van der Waals surface area contributed by atoms with Crippen molar-refractivity contribution in [2.75, 3.05) is 19.7 Å². The summed E-state index contributed by atoms with van der Waals surface area (Å²) in [5, 5.41) is 1.19. The summed E-state index contributed by atoms with van der Waals surface area (Å²) in [6.45, 7) is 6.60. The number of aryl methyl sites for hydroxylation is 1. The van der Waals surface area contributed by atoms with Gasteiger partial charge in [-0.1, -0.05) is 42.5 Å². The van der Waals surface area contributed by atoms with Gasteiger partial charge in [0.15, 0.2) is 0 Å². The van der Waals surface area contributed by atoms with Crippen LogP contribution in [0.3, 0.4) is 0 Å². The average Bonchev–Trinajstić information content (AvgIpc) is 3.58. The summed E-state index contributed by atoms with van der Waals surface area (Å²) < 4.78 is 5.82. The largest absolute Gasteiger partial charge is 0.365 e. The van der Waals surface area contributed by atoms with Crippen LogP contribution in [0.2, 0.25) is 0 Å². The van der Waals surface area contributed by atoms with Gasteiger partial charge < -0.3 is 9.64 Å². The first-order valence-electron chi connectivity index (χ1n) is 12.9. The molecular formula is C30H34N2O2. The Bertz CT molecular complexity index is 1210. The van der Waals surface area contributed by atoms with Gasteiger partial charge in [0.1, 0.15) is 5.60 Å². The zero-order chi connectivity index (χ0) is 23.3. The molecule has 0 radical (unpaired) electrons. The molecule has 3 fully saturated rings. The smallest absolute Gasteiger partial charge is 0.254 e. The van der Waals surface area contributed by atoms with Crippen LogP contribution in [0.5, 0.6) is 0 Å². The Morgan fingerprint density at radius 2 is 1.79 bits per heavy atom. The van der Waals surface area contributed by atoms with Crippen LogP contribution < -0.4 is 0 Å². The predicted molar refractivity (Wildman–Crippen MR) is 136 cm³/mol. The van der Waals surface area contributed by atoms with Gasteiger partial charge in [0.05, 0.1) is 5.52 Å². The van der Waals surface area contributed by atoms with Crippen molar-refractivity contribution in [3.8, 4) is 11.1 Å². The molecule has 0 N–H and O–H groups in total. The number of aromatic nitrogens is 1. The molecule has 1 unspecified atom stereocenters. The lowest BCUT2D eigenvalue weighted by Crippen LogP contribution is -2.50. The van der Waals surface area contributed by atoms with E-state index in [1.165, 1.54) is 40.5 Å². The van der Waals surface area contributed by atoms with Crippen LogP contribution in [0.1, 0.15) is 56.6 Å². The van der Waals surface area contributed by atoms with Gasteiger partial charge in [0.25, 0.3) is 5.91 Å². The number of carbonyl (C=O) groups excluding carboxylic acids is 1. The summed E-state index contributed by atoms with van der Waals surface area (Å²) in [5.74, 6) is 0.865. The second kappa shape index (κ2) is 8.20. The first kappa shape index (κ1) is 21.8. The number of benzene rings is 2. The Balaban J connectivity index is 1.17. The highest BCUT2D eigenvalue weighted by molar-refractivity contribution is 5.88. The summed E-state index contributed by atoms with van der Waals surface area (Å²) in [7, 11) is 0. The number of ether oxygens (including phenoxy) is 1. The normalized spacial score (nSPS) is 24.5. The minimum atomic E-state index is -0.587. The van der Waals surface area contributed by atoms with Crippen molar-refractivity contribution in [3.05, 3.63) is 65.9 Å². The lowest BCUT2D eigenvalue weighted by molar-refractivity contribution is -0.152. The molecule has 3 aromatic rings. The summed E-state index contributed by atoms with van der Waals surface area (Å²) in [6, 6.07) is 17.8. The second-order valence-corrected chi connectivity index (χ2v) is 10.8. The molecule has 6 rings (SSSR count). The number of piperidine rings is 1. The topological polar surface area (TPSA) is 42.4 Å². The third-order valence-electron chi connectivity index (χ3n) is 8.82. The number of amides is 1. The highest BCUT2D eigenvalue weighted by Gasteiger charge is 2.51. The number of likely N-dealkylation sites (tertiary alicyclic amines) is 1. The van der Waals surface area contributed by atoms with E-state index in [0.29, 0.717) is 17.9 Å². The summed E-state index contributed by atoms with van der Waals surface area (Å²) in [4.78, 5) is 19.7. The SMILES string of the molecule is Cc1c(-c2ccc(C3(C4CCN(C(=O)C5(C)CCCO5)CC4)CC3)cc2)ccc2cccnc12. The van der Waals surface area contributed by atoms with E-state index in [2.05, 4.69) is 59.3 Å². The molecule has 1 amide bonds. The molecule has 176 valence electrons. The lowest BCUT2D eigenvalue weighted by atomic mass is 9.76. The molecule has 3 aliphatic rings. The first-order valence-corrected chi connectivity index (χ1v) is 12.9. The molecule has 2 aromatic carbocycles. The molecule has 2 saturated heterocycles. The number of hydrogen-bond acceptors (Lipinski definition) is 3. The van der Waals surface area contributed by atoms with Gasteiger partial charge in [-0.25, -0.2) is 0 Å². The zero-order valence-corrected chi connectivity index (χ0v) is 20.3. The summed E-state index contributed by atoms with van der Waals surface area (Å²) >= 11 is 0. The quantitative estimate of drug-likeness (QED) is 0.482.